The van der Waals surface area contributed by atoms with Crippen molar-refractivity contribution in [1.29, 1.82) is 0 Å². The lowest BCUT2D eigenvalue weighted by atomic mass is 10.2. The number of hydrogen-bond acceptors (Lipinski definition) is 4. The highest BCUT2D eigenvalue weighted by molar-refractivity contribution is 7.16. The van der Waals surface area contributed by atoms with Crippen LogP contribution in [-0.4, -0.2) is 32.6 Å². The molecule has 3 rings (SSSR count). The van der Waals surface area contributed by atoms with Gasteiger partial charge in [0.15, 0.2) is 0 Å². The summed E-state index contributed by atoms with van der Waals surface area (Å²) in [6.07, 6.45) is 1.90. The smallest absolute Gasteiger partial charge is 0.212 e. The fourth-order valence-electron chi connectivity index (χ4n) is 2.24. The maximum Gasteiger partial charge on any atom is 0.212 e. The first-order valence-corrected chi connectivity index (χ1v) is 7.74. The van der Waals surface area contributed by atoms with Gasteiger partial charge in [-0.1, -0.05) is 55.5 Å². The molecule has 0 spiro atoms. The molecule has 2 heterocycles. The van der Waals surface area contributed by atoms with Gasteiger partial charge in [-0.3, -0.25) is 4.90 Å². The van der Waals surface area contributed by atoms with E-state index in [9.17, 15) is 0 Å². The predicted octanol–water partition coefficient (Wildman–Crippen LogP) is 3.30. The van der Waals surface area contributed by atoms with Crippen molar-refractivity contribution in [1.82, 2.24) is 19.5 Å². The number of hydrogen-bond donors (Lipinski definition) is 0. The minimum absolute atomic E-state index is 0.898. The Balaban J connectivity index is 1.95. The average molecular weight is 286 g/mol. The zero-order chi connectivity index (χ0) is 13.9. The van der Waals surface area contributed by atoms with Gasteiger partial charge in [0.05, 0.1) is 18.4 Å². The van der Waals surface area contributed by atoms with Gasteiger partial charge in [0.25, 0.3) is 0 Å². The standard InChI is InChI=1S/C15H18N4S/c1-3-18(4-2)11-14-17-19-13(10-16-15(19)20-14)12-8-6-5-7-9-12/h5-10H,3-4,11H2,1-2H3. The third kappa shape index (κ3) is 2.46. The molecule has 0 N–H and O–H groups in total. The van der Waals surface area contributed by atoms with Crippen molar-refractivity contribution in [2.75, 3.05) is 13.1 Å². The normalized spacial score (nSPS) is 11.6. The average Bonchev–Trinajstić information content (AvgIpc) is 3.05. The van der Waals surface area contributed by atoms with E-state index in [4.69, 9.17) is 5.10 Å². The van der Waals surface area contributed by atoms with Crippen molar-refractivity contribution in [3.8, 4) is 11.3 Å². The molecule has 1 aromatic carbocycles. The molecule has 0 aliphatic rings. The van der Waals surface area contributed by atoms with Crippen LogP contribution in [0.3, 0.4) is 0 Å². The molecule has 0 saturated heterocycles. The molecule has 0 saturated carbocycles. The molecule has 3 aromatic rings. The van der Waals surface area contributed by atoms with Crippen LogP contribution in [0.2, 0.25) is 0 Å². The minimum Gasteiger partial charge on any atom is -0.297 e. The fraction of sp³-hybridized carbons (Fsp3) is 0.333. The Morgan fingerprint density at radius 1 is 1.15 bits per heavy atom. The van der Waals surface area contributed by atoms with Gasteiger partial charge >= 0.3 is 0 Å². The Morgan fingerprint density at radius 3 is 2.60 bits per heavy atom. The highest BCUT2D eigenvalue weighted by Crippen LogP contribution is 2.24. The van der Waals surface area contributed by atoms with Crippen LogP contribution in [0.15, 0.2) is 36.5 Å². The van der Waals surface area contributed by atoms with Gasteiger partial charge in [-0.2, -0.15) is 5.10 Å². The highest BCUT2D eigenvalue weighted by Gasteiger charge is 2.12. The lowest BCUT2D eigenvalue weighted by Gasteiger charge is -2.15. The summed E-state index contributed by atoms with van der Waals surface area (Å²) in [5.74, 6) is 0. The Hall–Kier alpha value is -1.72. The zero-order valence-corrected chi connectivity index (χ0v) is 12.6. The van der Waals surface area contributed by atoms with Crippen LogP contribution in [0.25, 0.3) is 16.2 Å². The first-order valence-electron chi connectivity index (χ1n) is 6.93. The van der Waals surface area contributed by atoms with Crippen molar-refractivity contribution in [3.05, 3.63) is 41.5 Å². The molecule has 0 unspecified atom stereocenters. The van der Waals surface area contributed by atoms with E-state index in [2.05, 4.69) is 35.9 Å². The van der Waals surface area contributed by atoms with E-state index in [1.165, 1.54) is 0 Å². The summed E-state index contributed by atoms with van der Waals surface area (Å²) in [5, 5.41) is 5.84. The third-order valence-corrected chi connectivity index (χ3v) is 4.36. The van der Waals surface area contributed by atoms with Crippen LogP contribution < -0.4 is 0 Å². The predicted molar refractivity (Wildman–Crippen MR) is 82.9 cm³/mol. The highest BCUT2D eigenvalue weighted by atomic mass is 32.1. The summed E-state index contributed by atoms with van der Waals surface area (Å²) in [5.41, 5.74) is 2.21. The van der Waals surface area contributed by atoms with Crippen molar-refractivity contribution < 1.29 is 0 Å². The van der Waals surface area contributed by atoms with Gasteiger partial charge in [-0.25, -0.2) is 9.50 Å². The summed E-state index contributed by atoms with van der Waals surface area (Å²) >= 11 is 1.67. The van der Waals surface area contributed by atoms with Crippen molar-refractivity contribution in [3.63, 3.8) is 0 Å². The Bertz CT molecular complexity index is 682. The zero-order valence-electron chi connectivity index (χ0n) is 11.8. The topological polar surface area (TPSA) is 33.4 Å². The molecule has 0 amide bonds. The van der Waals surface area contributed by atoms with E-state index >= 15 is 0 Å². The number of imidazole rings is 1. The van der Waals surface area contributed by atoms with Gasteiger partial charge in [-0.05, 0) is 13.1 Å². The first kappa shape index (κ1) is 13.3. The lowest BCUT2D eigenvalue weighted by Crippen LogP contribution is -2.22. The molecule has 0 bridgehead atoms. The second kappa shape index (κ2) is 5.73. The van der Waals surface area contributed by atoms with Crippen LogP contribution in [0.4, 0.5) is 0 Å². The SMILES string of the molecule is CCN(CC)Cc1nn2c(-c3ccccc3)cnc2s1. The molecule has 0 aliphatic heterocycles. The molecule has 0 aliphatic carbocycles. The van der Waals surface area contributed by atoms with Crippen LogP contribution >= 0.6 is 11.3 Å². The molecule has 4 nitrogen and oxygen atoms in total. The number of rotatable bonds is 5. The Labute approximate surface area is 122 Å². The number of fused-ring (bicyclic) bond motifs is 1. The number of nitrogens with zero attached hydrogens (tertiary/aromatic N) is 4. The van der Waals surface area contributed by atoms with E-state index < -0.39 is 0 Å². The van der Waals surface area contributed by atoms with Crippen molar-refractivity contribution in [2.45, 2.75) is 20.4 Å². The largest absolute Gasteiger partial charge is 0.297 e. The van der Waals surface area contributed by atoms with E-state index in [1.54, 1.807) is 11.3 Å². The quantitative estimate of drug-likeness (QED) is 0.721. The summed E-state index contributed by atoms with van der Waals surface area (Å²) in [4.78, 5) is 7.80. The maximum atomic E-state index is 4.72. The van der Waals surface area contributed by atoms with Crippen LogP contribution in [0.1, 0.15) is 18.9 Å². The molecule has 2 aromatic heterocycles. The Morgan fingerprint density at radius 2 is 1.90 bits per heavy atom. The van der Waals surface area contributed by atoms with E-state index in [0.29, 0.717) is 0 Å². The van der Waals surface area contributed by atoms with Crippen LogP contribution in [0.5, 0.6) is 0 Å². The van der Waals surface area contributed by atoms with Crippen LogP contribution in [0, 0.1) is 0 Å². The van der Waals surface area contributed by atoms with Gasteiger partial charge in [0.1, 0.15) is 5.01 Å². The fourth-order valence-corrected chi connectivity index (χ4v) is 3.15. The number of benzene rings is 1. The van der Waals surface area contributed by atoms with Gasteiger partial charge in [0.2, 0.25) is 4.96 Å². The van der Waals surface area contributed by atoms with Gasteiger partial charge in [-0.15, -0.1) is 0 Å². The molecule has 104 valence electrons. The molecule has 5 heteroatoms. The second-order valence-corrected chi connectivity index (χ2v) is 5.70. The summed E-state index contributed by atoms with van der Waals surface area (Å²) in [6, 6.07) is 10.3. The molecular formula is C15H18N4S. The monoisotopic (exact) mass is 286 g/mol. The van der Waals surface area contributed by atoms with Crippen molar-refractivity contribution >= 4 is 16.3 Å². The summed E-state index contributed by atoms with van der Waals surface area (Å²) in [7, 11) is 0. The van der Waals surface area contributed by atoms with E-state index in [0.717, 1.165) is 40.9 Å². The second-order valence-electron chi connectivity index (χ2n) is 4.66. The number of aromatic nitrogens is 3. The molecule has 20 heavy (non-hydrogen) atoms. The lowest BCUT2D eigenvalue weighted by molar-refractivity contribution is 0.294. The summed E-state index contributed by atoms with van der Waals surface area (Å²) < 4.78 is 1.96. The van der Waals surface area contributed by atoms with Gasteiger partial charge in [0, 0.05) is 5.56 Å². The summed E-state index contributed by atoms with van der Waals surface area (Å²) in [6.45, 7) is 7.35. The molecule has 0 fully saturated rings. The van der Waals surface area contributed by atoms with E-state index in [-0.39, 0.29) is 0 Å². The van der Waals surface area contributed by atoms with Crippen LogP contribution in [-0.2, 0) is 6.54 Å². The maximum absolute atomic E-state index is 4.72. The van der Waals surface area contributed by atoms with Gasteiger partial charge < -0.3 is 0 Å². The Kier molecular flexibility index (Phi) is 3.80. The third-order valence-electron chi connectivity index (χ3n) is 3.45. The molecular weight excluding hydrogens is 268 g/mol. The molecule has 0 radical (unpaired) electrons. The van der Waals surface area contributed by atoms with E-state index in [1.807, 2.05) is 28.9 Å². The molecule has 0 atom stereocenters. The first-order chi connectivity index (χ1) is 9.81. The van der Waals surface area contributed by atoms with Crippen molar-refractivity contribution in [2.24, 2.45) is 0 Å². The minimum atomic E-state index is 0.898.